The predicted octanol–water partition coefficient (Wildman–Crippen LogP) is 5.66. The first-order valence-corrected chi connectivity index (χ1v) is 11.6. The van der Waals surface area contributed by atoms with Crippen molar-refractivity contribution in [3.05, 3.63) is 119 Å². The normalized spacial score (nSPS) is 12.1. The van der Waals surface area contributed by atoms with Gasteiger partial charge in [-0.1, -0.05) is 84.1 Å². The molecule has 0 unspecified atom stereocenters. The van der Waals surface area contributed by atoms with E-state index in [1.165, 1.54) is 16.7 Å². The Labute approximate surface area is 200 Å². The van der Waals surface area contributed by atoms with E-state index in [1.54, 1.807) is 4.68 Å². The number of anilines is 1. The molecule has 0 fully saturated rings. The second kappa shape index (κ2) is 9.64. The van der Waals surface area contributed by atoms with Crippen molar-refractivity contribution in [2.24, 2.45) is 10.2 Å². The molecule has 34 heavy (non-hydrogen) atoms. The smallest absolute Gasteiger partial charge is 0.286 e. The Morgan fingerprint density at radius 3 is 2.29 bits per heavy atom. The van der Waals surface area contributed by atoms with E-state index in [2.05, 4.69) is 44.9 Å². The molecule has 0 bridgehead atoms. The number of aromatic nitrogens is 2. The summed E-state index contributed by atoms with van der Waals surface area (Å²) in [6.07, 6.45) is 0. The summed E-state index contributed by atoms with van der Waals surface area (Å²) in [5, 5.41) is 19.0. The SMILES string of the molecule is C/C(=N\N=c1\sc(C(=O)Nc2ccccc2)nn1-c1ccccc1)c1ccc2ccccc2c1. The zero-order valence-corrected chi connectivity index (χ0v) is 19.2. The van der Waals surface area contributed by atoms with Gasteiger partial charge in [0.05, 0.1) is 11.4 Å². The first kappa shape index (κ1) is 21.5. The summed E-state index contributed by atoms with van der Waals surface area (Å²) in [4.78, 5) is 13.3. The van der Waals surface area contributed by atoms with E-state index >= 15 is 0 Å². The lowest BCUT2D eigenvalue weighted by Gasteiger charge is -2.02. The third-order valence-electron chi connectivity index (χ3n) is 5.24. The van der Waals surface area contributed by atoms with Gasteiger partial charge in [0.15, 0.2) is 0 Å². The van der Waals surface area contributed by atoms with Crippen molar-refractivity contribution < 1.29 is 4.79 Å². The van der Waals surface area contributed by atoms with Crippen LogP contribution in [0.25, 0.3) is 16.5 Å². The van der Waals surface area contributed by atoms with Crippen LogP contribution in [0.5, 0.6) is 0 Å². The molecule has 6 nitrogen and oxygen atoms in total. The number of hydrogen-bond donors (Lipinski definition) is 1. The molecular formula is C27H21N5OS. The number of fused-ring (bicyclic) bond motifs is 1. The van der Waals surface area contributed by atoms with E-state index in [0.717, 1.165) is 22.3 Å². The van der Waals surface area contributed by atoms with Crippen molar-refractivity contribution in [3.8, 4) is 5.69 Å². The van der Waals surface area contributed by atoms with Crippen LogP contribution in [-0.4, -0.2) is 21.4 Å². The fourth-order valence-corrected chi connectivity index (χ4v) is 4.23. The summed E-state index contributed by atoms with van der Waals surface area (Å²) >= 11 is 1.19. The predicted molar refractivity (Wildman–Crippen MR) is 138 cm³/mol. The fraction of sp³-hybridized carbons (Fsp3) is 0.0370. The maximum Gasteiger partial charge on any atom is 0.286 e. The Morgan fingerprint density at radius 2 is 1.53 bits per heavy atom. The zero-order valence-electron chi connectivity index (χ0n) is 18.4. The average Bonchev–Trinajstić information content (AvgIpc) is 3.32. The van der Waals surface area contributed by atoms with Gasteiger partial charge in [-0.05, 0) is 53.6 Å². The van der Waals surface area contributed by atoms with Gasteiger partial charge in [-0.25, -0.2) is 4.68 Å². The number of benzene rings is 4. The lowest BCUT2D eigenvalue weighted by atomic mass is 10.0. The molecule has 0 aliphatic carbocycles. The van der Waals surface area contributed by atoms with Gasteiger partial charge in [-0.2, -0.15) is 5.10 Å². The van der Waals surface area contributed by atoms with Gasteiger partial charge in [-0.15, -0.1) is 10.2 Å². The highest BCUT2D eigenvalue weighted by Gasteiger charge is 2.15. The summed E-state index contributed by atoms with van der Waals surface area (Å²) < 4.78 is 1.64. The van der Waals surface area contributed by atoms with Crippen LogP contribution in [0.15, 0.2) is 113 Å². The van der Waals surface area contributed by atoms with Gasteiger partial charge in [-0.3, -0.25) is 4.79 Å². The minimum atomic E-state index is -0.294. The summed E-state index contributed by atoms with van der Waals surface area (Å²) in [6.45, 7) is 1.92. The first-order valence-electron chi connectivity index (χ1n) is 10.8. The molecule has 0 atom stereocenters. The van der Waals surface area contributed by atoms with Crippen molar-refractivity contribution in [2.75, 3.05) is 5.32 Å². The second-order valence-electron chi connectivity index (χ2n) is 7.60. The van der Waals surface area contributed by atoms with Crippen LogP contribution in [0.3, 0.4) is 0 Å². The number of carbonyl (C=O) groups excluding carboxylic acids is 1. The van der Waals surface area contributed by atoms with Crippen molar-refractivity contribution in [3.63, 3.8) is 0 Å². The standard InChI is InChI=1S/C27H21N5OS/c1-19(21-17-16-20-10-8-9-11-22(20)18-21)29-30-27-32(24-14-6-3-7-15-24)31-26(34-27)25(33)28-23-12-4-2-5-13-23/h2-18H,1H3,(H,28,33)/b29-19+,30-27+. The Balaban J connectivity index is 1.52. The van der Waals surface area contributed by atoms with E-state index in [4.69, 9.17) is 0 Å². The fourth-order valence-electron chi connectivity index (χ4n) is 3.47. The maximum atomic E-state index is 12.8. The Morgan fingerprint density at radius 1 is 0.853 bits per heavy atom. The van der Waals surface area contributed by atoms with Gasteiger partial charge in [0.1, 0.15) is 0 Å². The number of para-hydroxylation sites is 2. The number of hydrogen-bond acceptors (Lipinski definition) is 5. The molecule has 0 aliphatic heterocycles. The molecule has 166 valence electrons. The number of amides is 1. The summed E-state index contributed by atoms with van der Waals surface area (Å²) in [6, 6.07) is 33.3. The van der Waals surface area contributed by atoms with Crippen LogP contribution in [0.1, 0.15) is 22.3 Å². The van der Waals surface area contributed by atoms with Crippen molar-refractivity contribution >= 4 is 39.4 Å². The highest BCUT2D eigenvalue weighted by molar-refractivity contribution is 7.11. The molecule has 0 aliphatic rings. The number of nitrogens with zero attached hydrogens (tertiary/aromatic N) is 4. The molecule has 1 N–H and O–H groups in total. The quantitative estimate of drug-likeness (QED) is 0.270. The van der Waals surface area contributed by atoms with Crippen molar-refractivity contribution in [2.45, 2.75) is 6.92 Å². The molecule has 1 heterocycles. The second-order valence-corrected chi connectivity index (χ2v) is 8.56. The van der Waals surface area contributed by atoms with Crippen LogP contribution >= 0.6 is 11.3 Å². The summed E-state index contributed by atoms with van der Waals surface area (Å²) in [5.74, 6) is -0.294. The van der Waals surface area contributed by atoms with Gasteiger partial charge in [0.2, 0.25) is 9.81 Å². The lowest BCUT2D eigenvalue weighted by molar-refractivity contribution is 0.102. The molecule has 0 saturated heterocycles. The van der Waals surface area contributed by atoms with Crippen molar-refractivity contribution in [1.82, 2.24) is 9.78 Å². The molecule has 5 aromatic rings. The average molecular weight is 464 g/mol. The van der Waals surface area contributed by atoms with Crippen LogP contribution < -0.4 is 10.1 Å². The molecular weight excluding hydrogens is 442 g/mol. The number of carbonyl (C=O) groups is 1. The van der Waals surface area contributed by atoms with Gasteiger partial charge < -0.3 is 5.32 Å². The molecule has 7 heteroatoms. The highest BCUT2D eigenvalue weighted by atomic mass is 32.1. The van der Waals surface area contributed by atoms with Crippen LogP contribution in [-0.2, 0) is 0 Å². The lowest BCUT2D eigenvalue weighted by Crippen LogP contribution is -2.15. The highest BCUT2D eigenvalue weighted by Crippen LogP contribution is 2.16. The Bertz CT molecular complexity index is 1550. The maximum absolute atomic E-state index is 12.8. The topological polar surface area (TPSA) is 71.6 Å². The molecule has 0 saturated carbocycles. The molecule has 4 aromatic carbocycles. The number of rotatable bonds is 5. The molecule has 0 spiro atoms. The van der Waals surface area contributed by atoms with E-state index in [0.29, 0.717) is 15.5 Å². The minimum absolute atomic E-state index is 0.294. The van der Waals surface area contributed by atoms with Gasteiger partial charge in [0, 0.05) is 5.69 Å². The molecule has 0 radical (unpaired) electrons. The van der Waals surface area contributed by atoms with Gasteiger partial charge in [0.25, 0.3) is 5.91 Å². The van der Waals surface area contributed by atoms with Crippen LogP contribution in [0.4, 0.5) is 5.69 Å². The van der Waals surface area contributed by atoms with Crippen LogP contribution in [0.2, 0.25) is 0 Å². The Hall–Kier alpha value is -4.36. The minimum Gasteiger partial charge on any atom is -0.320 e. The van der Waals surface area contributed by atoms with Crippen LogP contribution in [0, 0.1) is 0 Å². The van der Waals surface area contributed by atoms with Gasteiger partial charge >= 0.3 is 0 Å². The zero-order chi connectivity index (χ0) is 23.3. The molecule has 5 rings (SSSR count). The Kier molecular flexibility index (Phi) is 6.09. The summed E-state index contributed by atoms with van der Waals surface area (Å²) in [7, 11) is 0. The number of nitrogens with one attached hydrogen (secondary N) is 1. The third kappa shape index (κ3) is 4.69. The van der Waals surface area contributed by atoms with E-state index in [9.17, 15) is 4.79 Å². The monoisotopic (exact) mass is 463 g/mol. The third-order valence-corrected chi connectivity index (χ3v) is 6.14. The van der Waals surface area contributed by atoms with E-state index in [-0.39, 0.29) is 5.91 Å². The summed E-state index contributed by atoms with van der Waals surface area (Å²) in [5.41, 5.74) is 3.27. The van der Waals surface area contributed by atoms with E-state index in [1.807, 2.05) is 85.8 Å². The van der Waals surface area contributed by atoms with E-state index < -0.39 is 0 Å². The first-order chi connectivity index (χ1) is 16.7. The molecule has 1 amide bonds. The van der Waals surface area contributed by atoms with Crippen molar-refractivity contribution in [1.29, 1.82) is 0 Å². The largest absolute Gasteiger partial charge is 0.320 e. The molecule has 1 aromatic heterocycles.